The van der Waals surface area contributed by atoms with Gasteiger partial charge in [0, 0.05) is 107 Å². The Bertz CT molecular complexity index is 1870. The Kier molecular flexibility index (Phi) is 31.9. The zero-order chi connectivity index (χ0) is 53.3. The van der Waals surface area contributed by atoms with Crippen LogP contribution in [0.4, 0.5) is 0 Å². The molecule has 0 saturated carbocycles. The molecule has 0 N–H and O–H groups in total. The van der Waals surface area contributed by atoms with Gasteiger partial charge in [0.1, 0.15) is 24.3 Å². The van der Waals surface area contributed by atoms with Crippen molar-refractivity contribution in [2.45, 2.75) is 206 Å². The number of rotatable bonds is 0. The second kappa shape index (κ2) is 32.8. The highest BCUT2D eigenvalue weighted by atomic mass is 14.9. The summed E-state index contributed by atoms with van der Waals surface area (Å²) in [5.41, 5.74) is 7.15. The van der Waals surface area contributed by atoms with Gasteiger partial charge < -0.3 is 0 Å². The average molecular weight is 999 g/mol. The smallest absolute Gasteiger partial charge is 0.133 e. The molecule has 73 heavy (non-hydrogen) atoms. The van der Waals surface area contributed by atoms with E-state index in [0.29, 0.717) is 0 Å². The van der Waals surface area contributed by atoms with Crippen LogP contribution in [0.2, 0.25) is 0 Å². The van der Waals surface area contributed by atoms with Gasteiger partial charge in [-0.1, -0.05) is 180 Å². The molecule has 0 aliphatic carbocycles. The van der Waals surface area contributed by atoms with Crippen LogP contribution in [-0.2, 0) is 37.9 Å². The van der Waals surface area contributed by atoms with Crippen molar-refractivity contribution in [2.24, 2.45) is 0 Å². The van der Waals surface area contributed by atoms with E-state index in [-0.39, 0.29) is 60.2 Å². The molecular weight excluding hydrogens is 899 g/mol. The first kappa shape index (κ1) is 71.0. The van der Waals surface area contributed by atoms with Gasteiger partial charge in [-0.3, -0.25) is 15.0 Å². The summed E-state index contributed by atoms with van der Waals surface area (Å²) in [4.78, 5) is 44.7. The molecule has 11 heteroatoms. The number of hydrogen-bond donors (Lipinski definition) is 0. The first-order valence-corrected chi connectivity index (χ1v) is 24.0. The minimum absolute atomic E-state index is 0. The third kappa shape index (κ3) is 31.8. The average Bonchev–Trinajstić information content (AvgIpc) is 3.30. The first-order chi connectivity index (χ1) is 32.2. The van der Waals surface area contributed by atoms with Gasteiger partial charge in [0.05, 0.1) is 0 Å². The van der Waals surface area contributed by atoms with E-state index in [2.05, 4.69) is 224 Å². The van der Waals surface area contributed by atoms with E-state index in [1.54, 1.807) is 49.8 Å². The maximum atomic E-state index is 4.25. The monoisotopic (exact) mass is 998 g/mol. The van der Waals surface area contributed by atoms with E-state index in [0.717, 1.165) is 23.0 Å². The molecule has 7 rings (SSSR count). The van der Waals surface area contributed by atoms with Crippen LogP contribution in [0.3, 0.4) is 0 Å². The lowest BCUT2D eigenvalue weighted by molar-refractivity contribution is 0.545. The van der Waals surface area contributed by atoms with Crippen LogP contribution in [0.1, 0.15) is 207 Å². The maximum Gasteiger partial charge on any atom is 0.133 e. The molecule has 0 saturated heterocycles. The van der Waals surface area contributed by atoms with Gasteiger partial charge in [0.15, 0.2) is 0 Å². The van der Waals surface area contributed by atoms with Crippen LogP contribution in [0.25, 0.3) is 0 Å². The molecule has 0 spiro atoms. The molecule has 7 aromatic heterocycles. The van der Waals surface area contributed by atoms with Gasteiger partial charge in [0.2, 0.25) is 0 Å². The Morgan fingerprint density at radius 3 is 0.890 bits per heavy atom. The van der Waals surface area contributed by atoms with Crippen LogP contribution in [-0.4, -0.2) is 54.8 Å². The normalized spacial score (nSPS) is 11.0. The summed E-state index contributed by atoms with van der Waals surface area (Å²) in [6, 6.07) is 19.8. The Labute approximate surface area is 446 Å². The van der Waals surface area contributed by atoms with Crippen molar-refractivity contribution >= 4 is 0 Å². The van der Waals surface area contributed by atoms with Crippen LogP contribution in [0.15, 0.2) is 148 Å². The van der Waals surface area contributed by atoms with Crippen molar-refractivity contribution in [1.82, 2.24) is 54.8 Å². The number of aromatic nitrogens is 11. The molecule has 402 valence electrons. The van der Waals surface area contributed by atoms with E-state index < -0.39 is 0 Å². The minimum atomic E-state index is 0. The SMILES string of the molecule is C.C.C.CC(C)(C)c1ccccn1.CC(C)(C)c1cccnc1.CC(C)(C)c1ccncc1.CC(C)(C)c1ccncn1.CC(C)(C)c1cncnc1.CC(C)(C)c1ncccn1.CC(C)(C)c1ncccn1. The van der Waals surface area contributed by atoms with Gasteiger partial charge in [-0.25, -0.2) is 39.9 Å². The zero-order valence-corrected chi connectivity index (χ0v) is 46.8. The quantitative estimate of drug-likeness (QED) is 0.143. The largest absolute Gasteiger partial charge is 0.265 e. The second-order valence-corrected chi connectivity index (χ2v) is 23.8. The molecule has 0 unspecified atom stereocenters. The van der Waals surface area contributed by atoms with E-state index >= 15 is 0 Å². The molecule has 7 aromatic rings. The van der Waals surface area contributed by atoms with Gasteiger partial charge in [-0.2, -0.15) is 0 Å². The topological polar surface area (TPSA) is 142 Å². The Morgan fingerprint density at radius 1 is 0.247 bits per heavy atom. The lowest BCUT2D eigenvalue weighted by atomic mass is 9.88. The summed E-state index contributed by atoms with van der Waals surface area (Å²) in [7, 11) is 0. The van der Waals surface area contributed by atoms with Crippen molar-refractivity contribution in [3.8, 4) is 0 Å². The van der Waals surface area contributed by atoms with Gasteiger partial charge in [-0.05, 0) is 81.5 Å². The van der Waals surface area contributed by atoms with E-state index in [4.69, 9.17) is 0 Å². The Hall–Kier alpha value is -6.23. The molecule has 0 aliphatic rings. The summed E-state index contributed by atoms with van der Waals surface area (Å²) < 4.78 is 0. The molecule has 7 heterocycles. The van der Waals surface area contributed by atoms with Gasteiger partial charge in [0.25, 0.3) is 0 Å². The van der Waals surface area contributed by atoms with Gasteiger partial charge >= 0.3 is 0 Å². The summed E-state index contributed by atoms with van der Waals surface area (Å²) in [5.74, 6) is 1.80. The van der Waals surface area contributed by atoms with Crippen LogP contribution < -0.4 is 0 Å². The maximum absolute atomic E-state index is 4.25. The lowest BCUT2D eigenvalue weighted by Gasteiger charge is -2.17. The second-order valence-electron chi connectivity index (χ2n) is 23.8. The Morgan fingerprint density at radius 2 is 0.644 bits per heavy atom. The summed E-state index contributed by atoms with van der Waals surface area (Å²) >= 11 is 0. The highest BCUT2D eigenvalue weighted by Crippen LogP contribution is 2.23. The zero-order valence-electron chi connectivity index (χ0n) is 46.8. The molecule has 0 atom stereocenters. The first-order valence-electron chi connectivity index (χ1n) is 24.0. The summed E-state index contributed by atoms with van der Waals surface area (Å²) in [5, 5.41) is 0. The Balaban J connectivity index is -0.000000778. The molecule has 0 radical (unpaired) electrons. The lowest BCUT2D eigenvalue weighted by Crippen LogP contribution is -2.14. The fourth-order valence-corrected chi connectivity index (χ4v) is 5.26. The minimum Gasteiger partial charge on any atom is -0.265 e. The van der Waals surface area contributed by atoms with E-state index in [9.17, 15) is 0 Å². The molecule has 0 aromatic carbocycles. The van der Waals surface area contributed by atoms with Gasteiger partial charge in [-0.15, -0.1) is 0 Å². The molecule has 0 fully saturated rings. The van der Waals surface area contributed by atoms with Crippen LogP contribution >= 0.6 is 0 Å². The predicted molar refractivity (Wildman–Crippen MR) is 312 cm³/mol. The van der Waals surface area contributed by atoms with Crippen molar-refractivity contribution in [1.29, 1.82) is 0 Å². The molecular formula is C62H99N11. The number of nitrogens with zero attached hydrogens (tertiary/aromatic N) is 11. The third-order valence-electron chi connectivity index (χ3n) is 9.76. The highest BCUT2D eigenvalue weighted by molar-refractivity contribution is 5.19. The molecule has 11 nitrogen and oxygen atoms in total. The number of hydrogen-bond acceptors (Lipinski definition) is 11. The predicted octanol–water partition coefficient (Wildman–Crippen LogP) is 16.1. The van der Waals surface area contributed by atoms with Crippen molar-refractivity contribution in [3.63, 3.8) is 0 Å². The number of pyridine rings is 3. The van der Waals surface area contributed by atoms with Crippen LogP contribution in [0.5, 0.6) is 0 Å². The van der Waals surface area contributed by atoms with Crippen LogP contribution in [0, 0.1) is 0 Å². The van der Waals surface area contributed by atoms with Crippen molar-refractivity contribution in [3.05, 3.63) is 187 Å². The highest BCUT2D eigenvalue weighted by Gasteiger charge is 2.18. The standard InChI is InChI=1S/3C9H13N.4C8H12N2.3CH4/c1-9(2,3)8-4-6-10-7-5-8;1-9(2,3)8-5-4-6-10-7-8;1-9(2,3)8-6-4-5-7-10-8;1-8(2,3)7-4-9-6-10-5-7;1-8(2,3)7-4-5-9-6-10-7;2*1-8(2,3)7-9-5-4-6-10-7;;;/h3*4-7H,1-3H3;4*4-6H,1-3H3;3*1H4. The van der Waals surface area contributed by atoms with Crippen molar-refractivity contribution in [2.75, 3.05) is 0 Å². The fraction of sp³-hybridized carbons (Fsp3) is 0.500. The summed E-state index contributed by atoms with van der Waals surface area (Å²) in [6.07, 6.45) is 24.9. The third-order valence-corrected chi connectivity index (χ3v) is 9.76. The van der Waals surface area contributed by atoms with E-state index in [1.807, 2.05) is 73.6 Å². The summed E-state index contributed by atoms with van der Waals surface area (Å²) in [6.45, 7) is 45.1. The molecule has 0 bridgehead atoms. The fourth-order valence-electron chi connectivity index (χ4n) is 5.26. The van der Waals surface area contributed by atoms with E-state index in [1.165, 1.54) is 16.7 Å². The molecule has 0 aliphatic heterocycles. The van der Waals surface area contributed by atoms with Crippen molar-refractivity contribution < 1.29 is 0 Å². The molecule has 0 amide bonds.